The Bertz CT molecular complexity index is 386. The van der Waals surface area contributed by atoms with E-state index in [9.17, 15) is 0 Å². The SMILES string of the molecule is CCCN1CCOC(CNC)C1c1cnn(C(C)C)c1. The number of hydrogen-bond acceptors (Lipinski definition) is 4. The van der Waals surface area contributed by atoms with Crippen molar-refractivity contribution in [2.45, 2.75) is 45.4 Å². The number of aromatic nitrogens is 2. The van der Waals surface area contributed by atoms with Gasteiger partial charge in [-0.25, -0.2) is 0 Å². The summed E-state index contributed by atoms with van der Waals surface area (Å²) in [6.07, 6.45) is 5.55. The first-order chi connectivity index (χ1) is 9.67. The Morgan fingerprint density at radius 3 is 2.90 bits per heavy atom. The fourth-order valence-electron chi connectivity index (χ4n) is 2.91. The number of morpholine rings is 1. The third-order valence-electron chi connectivity index (χ3n) is 3.86. The molecule has 2 atom stereocenters. The summed E-state index contributed by atoms with van der Waals surface area (Å²) in [6, 6.07) is 0.708. The zero-order valence-corrected chi connectivity index (χ0v) is 13.2. The summed E-state index contributed by atoms with van der Waals surface area (Å²) in [5.41, 5.74) is 1.27. The quantitative estimate of drug-likeness (QED) is 0.863. The van der Waals surface area contributed by atoms with Crippen LogP contribution in [0.1, 0.15) is 44.8 Å². The molecule has 0 radical (unpaired) electrons. The van der Waals surface area contributed by atoms with Gasteiger partial charge >= 0.3 is 0 Å². The van der Waals surface area contributed by atoms with Crippen molar-refractivity contribution in [2.75, 3.05) is 33.3 Å². The molecule has 5 heteroatoms. The van der Waals surface area contributed by atoms with Gasteiger partial charge in [0.2, 0.25) is 0 Å². The van der Waals surface area contributed by atoms with Crippen molar-refractivity contribution in [1.82, 2.24) is 20.0 Å². The first kappa shape index (κ1) is 15.5. The smallest absolute Gasteiger partial charge is 0.0897 e. The Morgan fingerprint density at radius 1 is 1.50 bits per heavy atom. The van der Waals surface area contributed by atoms with E-state index in [1.165, 1.54) is 12.0 Å². The van der Waals surface area contributed by atoms with E-state index in [4.69, 9.17) is 4.74 Å². The van der Waals surface area contributed by atoms with Crippen LogP contribution in [0.3, 0.4) is 0 Å². The minimum Gasteiger partial charge on any atom is -0.374 e. The zero-order chi connectivity index (χ0) is 14.5. The van der Waals surface area contributed by atoms with Gasteiger partial charge in [0.15, 0.2) is 0 Å². The average molecular weight is 280 g/mol. The third-order valence-corrected chi connectivity index (χ3v) is 3.86. The molecule has 1 aromatic heterocycles. The van der Waals surface area contributed by atoms with E-state index in [0.717, 1.165) is 26.2 Å². The Kier molecular flexibility index (Phi) is 5.57. The first-order valence-corrected chi connectivity index (χ1v) is 7.71. The van der Waals surface area contributed by atoms with E-state index in [2.05, 4.69) is 42.3 Å². The number of rotatable bonds is 6. The molecule has 1 aliphatic rings. The van der Waals surface area contributed by atoms with Gasteiger partial charge in [-0.05, 0) is 33.9 Å². The second-order valence-electron chi connectivity index (χ2n) is 5.80. The highest BCUT2D eigenvalue weighted by molar-refractivity contribution is 5.14. The lowest BCUT2D eigenvalue weighted by molar-refractivity contribution is -0.0704. The van der Waals surface area contributed by atoms with E-state index in [1.54, 1.807) is 0 Å². The molecule has 0 aliphatic carbocycles. The molecular formula is C15H28N4O. The van der Waals surface area contributed by atoms with Crippen molar-refractivity contribution in [3.8, 4) is 0 Å². The fraction of sp³-hybridized carbons (Fsp3) is 0.800. The maximum Gasteiger partial charge on any atom is 0.0897 e. The average Bonchev–Trinajstić information content (AvgIpc) is 2.89. The van der Waals surface area contributed by atoms with Gasteiger partial charge in [-0.2, -0.15) is 5.10 Å². The highest BCUT2D eigenvalue weighted by atomic mass is 16.5. The monoisotopic (exact) mass is 280 g/mol. The standard InChI is InChI=1S/C15H28N4O/c1-5-6-18-7-8-20-14(10-16-4)15(18)13-9-17-19(11-13)12(2)3/h9,11-12,14-16H,5-8,10H2,1-4H3. The molecule has 1 aliphatic heterocycles. The van der Waals surface area contributed by atoms with Crippen LogP contribution in [0.25, 0.3) is 0 Å². The molecule has 5 nitrogen and oxygen atoms in total. The van der Waals surface area contributed by atoms with Crippen LogP contribution >= 0.6 is 0 Å². The topological polar surface area (TPSA) is 42.3 Å². The molecule has 0 bridgehead atoms. The van der Waals surface area contributed by atoms with Crippen LogP contribution in [0, 0.1) is 0 Å². The van der Waals surface area contributed by atoms with Crippen LogP contribution in [0.5, 0.6) is 0 Å². The van der Waals surface area contributed by atoms with E-state index < -0.39 is 0 Å². The van der Waals surface area contributed by atoms with Gasteiger partial charge in [0, 0.05) is 30.9 Å². The van der Waals surface area contributed by atoms with Gasteiger partial charge in [0.1, 0.15) is 0 Å². The van der Waals surface area contributed by atoms with E-state index >= 15 is 0 Å². The molecule has 2 rings (SSSR count). The van der Waals surface area contributed by atoms with Gasteiger partial charge in [-0.3, -0.25) is 9.58 Å². The lowest BCUT2D eigenvalue weighted by Crippen LogP contribution is -2.48. The number of ether oxygens (including phenoxy) is 1. The Morgan fingerprint density at radius 2 is 2.30 bits per heavy atom. The molecule has 0 amide bonds. The molecule has 20 heavy (non-hydrogen) atoms. The molecule has 1 saturated heterocycles. The van der Waals surface area contributed by atoms with E-state index in [1.807, 2.05) is 17.9 Å². The van der Waals surface area contributed by atoms with Crippen LogP contribution in [0.4, 0.5) is 0 Å². The summed E-state index contributed by atoms with van der Waals surface area (Å²) < 4.78 is 8.02. The zero-order valence-electron chi connectivity index (χ0n) is 13.2. The molecule has 0 spiro atoms. The maximum atomic E-state index is 5.99. The Hall–Kier alpha value is -0.910. The normalized spacial score (nSPS) is 24.4. The molecular weight excluding hydrogens is 252 g/mol. The van der Waals surface area contributed by atoms with Crippen molar-refractivity contribution in [3.63, 3.8) is 0 Å². The van der Waals surface area contributed by atoms with Crippen LogP contribution < -0.4 is 5.32 Å². The predicted octanol–water partition coefficient (Wildman–Crippen LogP) is 1.84. The molecule has 1 fully saturated rings. The van der Waals surface area contributed by atoms with E-state index in [0.29, 0.717) is 12.1 Å². The Balaban J connectivity index is 2.22. The van der Waals surface area contributed by atoms with Gasteiger partial charge in [0.25, 0.3) is 0 Å². The molecule has 114 valence electrons. The molecule has 1 N–H and O–H groups in total. The van der Waals surface area contributed by atoms with Gasteiger partial charge in [-0.15, -0.1) is 0 Å². The van der Waals surface area contributed by atoms with Gasteiger partial charge in [0.05, 0.1) is 24.9 Å². The van der Waals surface area contributed by atoms with Crippen LogP contribution in [0.15, 0.2) is 12.4 Å². The third kappa shape index (κ3) is 3.40. The lowest BCUT2D eigenvalue weighted by Gasteiger charge is -2.40. The highest BCUT2D eigenvalue weighted by Gasteiger charge is 2.33. The molecule has 1 aromatic rings. The number of likely N-dealkylation sites (N-methyl/N-ethyl adjacent to an activating group) is 1. The number of hydrogen-bond donors (Lipinski definition) is 1. The summed E-state index contributed by atoms with van der Waals surface area (Å²) in [5.74, 6) is 0. The van der Waals surface area contributed by atoms with Crippen molar-refractivity contribution < 1.29 is 4.74 Å². The highest BCUT2D eigenvalue weighted by Crippen LogP contribution is 2.29. The fourth-order valence-corrected chi connectivity index (χ4v) is 2.91. The molecule has 0 aromatic carbocycles. The molecule has 0 saturated carbocycles. The Labute approximate surface area is 122 Å². The largest absolute Gasteiger partial charge is 0.374 e. The number of nitrogens with zero attached hydrogens (tertiary/aromatic N) is 3. The van der Waals surface area contributed by atoms with Gasteiger partial charge < -0.3 is 10.1 Å². The van der Waals surface area contributed by atoms with Crippen molar-refractivity contribution in [2.24, 2.45) is 0 Å². The first-order valence-electron chi connectivity index (χ1n) is 7.71. The summed E-state index contributed by atoms with van der Waals surface area (Å²) in [4.78, 5) is 2.53. The second-order valence-corrected chi connectivity index (χ2v) is 5.80. The summed E-state index contributed by atoms with van der Waals surface area (Å²) in [7, 11) is 1.98. The molecule has 2 heterocycles. The van der Waals surface area contributed by atoms with E-state index in [-0.39, 0.29) is 6.10 Å². The lowest BCUT2D eigenvalue weighted by atomic mass is 10.0. The second kappa shape index (κ2) is 7.20. The summed E-state index contributed by atoms with van der Waals surface area (Å²) in [6.45, 7) is 10.4. The van der Waals surface area contributed by atoms with Crippen molar-refractivity contribution in [3.05, 3.63) is 18.0 Å². The van der Waals surface area contributed by atoms with Crippen molar-refractivity contribution >= 4 is 0 Å². The summed E-state index contributed by atoms with van der Waals surface area (Å²) in [5, 5.41) is 7.74. The van der Waals surface area contributed by atoms with Crippen molar-refractivity contribution in [1.29, 1.82) is 0 Å². The summed E-state index contributed by atoms with van der Waals surface area (Å²) >= 11 is 0. The van der Waals surface area contributed by atoms with Crippen LogP contribution in [0.2, 0.25) is 0 Å². The number of nitrogens with one attached hydrogen (secondary N) is 1. The van der Waals surface area contributed by atoms with Gasteiger partial charge in [-0.1, -0.05) is 6.92 Å². The van der Waals surface area contributed by atoms with Crippen LogP contribution in [-0.2, 0) is 4.74 Å². The minimum absolute atomic E-state index is 0.199. The maximum absolute atomic E-state index is 5.99. The predicted molar refractivity (Wildman–Crippen MR) is 80.9 cm³/mol. The van der Waals surface area contributed by atoms with Crippen LogP contribution in [-0.4, -0.2) is 54.1 Å². The minimum atomic E-state index is 0.199. The molecule has 2 unspecified atom stereocenters.